The van der Waals surface area contributed by atoms with E-state index in [1.807, 2.05) is 22.6 Å². The molecule has 0 saturated carbocycles. The smallest absolute Gasteiger partial charge is 0.0974 e. The van der Waals surface area contributed by atoms with Crippen LogP contribution in [0.25, 0.3) is 0 Å². The Bertz CT molecular complexity index is 270. The monoisotopic (exact) mass is 217 g/mol. The number of alkyl halides is 1. The summed E-state index contributed by atoms with van der Waals surface area (Å²) in [5.41, 5.74) is 0.875. The van der Waals surface area contributed by atoms with Gasteiger partial charge in [-0.15, -0.1) is 16.7 Å². The highest BCUT2D eigenvalue weighted by molar-refractivity contribution is 7.99. The van der Waals surface area contributed by atoms with Crippen molar-refractivity contribution < 1.29 is 0 Å². The first-order chi connectivity index (χ1) is 6.40. The van der Waals surface area contributed by atoms with Crippen LogP contribution < -0.4 is 0 Å². The molecule has 5 heteroatoms. The summed E-state index contributed by atoms with van der Waals surface area (Å²) in [7, 11) is 0. The van der Waals surface area contributed by atoms with E-state index >= 15 is 0 Å². The lowest BCUT2D eigenvalue weighted by molar-refractivity contribution is 0.416. The summed E-state index contributed by atoms with van der Waals surface area (Å²) in [6.45, 7) is 0. The van der Waals surface area contributed by atoms with Crippen LogP contribution in [0.3, 0.4) is 0 Å². The molecule has 1 saturated heterocycles. The molecule has 1 aromatic rings. The van der Waals surface area contributed by atoms with Gasteiger partial charge in [0.15, 0.2) is 0 Å². The predicted molar refractivity (Wildman–Crippen MR) is 55.2 cm³/mol. The van der Waals surface area contributed by atoms with Crippen LogP contribution in [0.15, 0.2) is 6.20 Å². The molecule has 1 aliphatic heterocycles. The molecule has 1 aromatic heterocycles. The Balaban J connectivity index is 2.05. The van der Waals surface area contributed by atoms with E-state index in [1.165, 1.54) is 24.3 Å². The zero-order valence-corrected chi connectivity index (χ0v) is 8.89. The second kappa shape index (κ2) is 4.33. The molecule has 0 aliphatic carbocycles. The van der Waals surface area contributed by atoms with Gasteiger partial charge in [-0.2, -0.15) is 11.8 Å². The predicted octanol–water partition coefficient (Wildman–Crippen LogP) is 2.08. The number of rotatable bonds is 2. The van der Waals surface area contributed by atoms with Gasteiger partial charge in [-0.3, -0.25) is 0 Å². The van der Waals surface area contributed by atoms with Crippen LogP contribution in [0.5, 0.6) is 0 Å². The first-order valence-electron chi connectivity index (χ1n) is 4.44. The average molecular weight is 218 g/mol. The second-order valence-corrected chi connectivity index (χ2v) is 4.66. The molecule has 1 fully saturated rings. The summed E-state index contributed by atoms with van der Waals surface area (Å²) in [6.07, 6.45) is 4.37. The molecule has 0 unspecified atom stereocenters. The first kappa shape index (κ1) is 9.34. The van der Waals surface area contributed by atoms with Crippen molar-refractivity contribution >= 4 is 23.4 Å². The number of aromatic nitrogens is 3. The summed E-state index contributed by atoms with van der Waals surface area (Å²) in [4.78, 5) is 0. The van der Waals surface area contributed by atoms with Crippen LogP contribution in [-0.2, 0) is 5.88 Å². The van der Waals surface area contributed by atoms with Gasteiger partial charge in [0, 0.05) is 6.20 Å². The zero-order valence-electron chi connectivity index (χ0n) is 7.32. The molecule has 0 spiro atoms. The number of hydrogen-bond acceptors (Lipinski definition) is 3. The Hall–Kier alpha value is -0.220. The molecule has 0 amide bonds. The minimum Gasteiger partial charge on any atom is -0.249 e. The molecule has 3 nitrogen and oxygen atoms in total. The number of nitrogens with zero attached hydrogens (tertiary/aromatic N) is 3. The molecule has 72 valence electrons. The fourth-order valence-electron chi connectivity index (χ4n) is 1.50. The Labute approximate surface area is 86.8 Å². The second-order valence-electron chi connectivity index (χ2n) is 3.17. The van der Waals surface area contributed by atoms with E-state index in [-0.39, 0.29) is 0 Å². The summed E-state index contributed by atoms with van der Waals surface area (Å²) < 4.78 is 1.97. The van der Waals surface area contributed by atoms with Crippen LogP contribution in [0, 0.1) is 0 Å². The van der Waals surface area contributed by atoms with Crippen molar-refractivity contribution in [3.63, 3.8) is 0 Å². The van der Waals surface area contributed by atoms with Crippen molar-refractivity contribution in [2.24, 2.45) is 0 Å². The van der Waals surface area contributed by atoms with E-state index < -0.39 is 0 Å². The summed E-state index contributed by atoms with van der Waals surface area (Å²) in [6, 6.07) is 0.547. The van der Waals surface area contributed by atoms with Crippen molar-refractivity contribution in [3.8, 4) is 0 Å². The zero-order chi connectivity index (χ0) is 9.10. The first-order valence-corrected chi connectivity index (χ1v) is 6.13. The topological polar surface area (TPSA) is 30.7 Å². The molecule has 0 radical (unpaired) electrons. The van der Waals surface area contributed by atoms with E-state index in [4.69, 9.17) is 11.6 Å². The molecule has 0 bridgehead atoms. The minimum absolute atomic E-state index is 0.460. The lowest BCUT2D eigenvalue weighted by atomic mass is 10.2. The Morgan fingerprint density at radius 2 is 2.31 bits per heavy atom. The van der Waals surface area contributed by atoms with Gasteiger partial charge in [-0.25, -0.2) is 4.68 Å². The van der Waals surface area contributed by atoms with Gasteiger partial charge >= 0.3 is 0 Å². The van der Waals surface area contributed by atoms with Gasteiger partial charge in [0.25, 0.3) is 0 Å². The summed E-state index contributed by atoms with van der Waals surface area (Å²) in [5.74, 6) is 2.93. The Kier molecular flexibility index (Phi) is 3.11. The van der Waals surface area contributed by atoms with Gasteiger partial charge in [0.2, 0.25) is 0 Å². The SMILES string of the molecule is ClCc1cn(C2CCSCC2)nn1. The molecular weight excluding hydrogens is 206 g/mol. The molecule has 0 atom stereocenters. The van der Waals surface area contributed by atoms with Crippen LogP contribution >= 0.6 is 23.4 Å². The van der Waals surface area contributed by atoms with Crippen molar-refractivity contribution in [3.05, 3.63) is 11.9 Å². The van der Waals surface area contributed by atoms with Crippen LogP contribution in [0.1, 0.15) is 24.6 Å². The van der Waals surface area contributed by atoms with Crippen LogP contribution in [0.2, 0.25) is 0 Å². The fourth-order valence-corrected chi connectivity index (χ4v) is 2.71. The third-order valence-electron chi connectivity index (χ3n) is 2.26. The standard InChI is InChI=1S/C8H12ClN3S/c9-5-7-6-12(11-10-7)8-1-3-13-4-2-8/h6,8H,1-5H2. The van der Waals surface area contributed by atoms with Crippen molar-refractivity contribution in [1.82, 2.24) is 15.0 Å². The largest absolute Gasteiger partial charge is 0.249 e. The molecule has 13 heavy (non-hydrogen) atoms. The van der Waals surface area contributed by atoms with Crippen LogP contribution in [-0.4, -0.2) is 26.5 Å². The van der Waals surface area contributed by atoms with Gasteiger partial charge < -0.3 is 0 Å². The lowest BCUT2D eigenvalue weighted by Gasteiger charge is -2.20. The molecular formula is C8H12ClN3S. The van der Waals surface area contributed by atoms with Gasteiger partial charge in [-0.05, 0) is 24.3 Å². The van der Waals surface area contributed by atoms with E-state index in [0.717, 1.165) is 5.69 Å². The van der Waals surface area contributed by atoms with E-state index in [9.17, 15) is 0 Å². The molecule has 1 aliphatic rings. The molecule has 2 rings (SSSR count). The van der Waals surface area contributed by atoms with Crippen molar-refractivity contribution in [2.45, 2.75) is 24.8 Å². The third-order valence-corrected chi connectivity index (χ3v) is 3.58. The summed E-state index contributed by atoms with van der Waals surface area (Å²) >= 11 is 7.68. The van der Waals surface area contributed by atoms with Gasteiger partial charge in [0.1, 0.15) is 0 Å². The highest BCUT2D eigenvalue weighted by atomic mass is 35.5. The maximum atomic E-state index is 5.66. The van der Waals surface area contributed by atoms with Gasteiger partial charge in [0.05, 0.1) is 17.6 Å². The van der Waals surface area contributed by atoms with Gasteiger partial charge in [-0.1, -0.05) is 5.21 Å². The maximum absolute atomic E-state index is 5.66. The van der Waals surface area contributed by atoms with Crippen molar-refractivity contribution in [1.29, 1.82) is 0 Å². The molecule has 2 heterocycles. The summed E-state index contributed by atoms with van der Waals surface area (Å²) in [5, 5.41) is 8.07. The van der Waals surface area contributed by atoms with E-state index in [0.29, 0.717) is 11.9 Å². The van der Waals surface area contributed by atoms with E-state index in [2.05, 4.69) is 10.3 Å². The quantitative estimate of drug-likeness (QED) is 0.711. The average Bonchev–Trinajstić information content (AvgIpc) is 2.67. The molecule has 0 aromatic carbocycles. The molecule has 0 N–H and O–H groups in total. The number of thioether (sulfide) groups is 1. The highest BCUT2D eigenvalue weighted by Gasteiger charge is 2.16. The number of halogens is 1. The normalized spacial score (nSPS) is 19.2. The van der Waals surface area contributed by atoms with E-state index in [1.54, 1.807) is 0 Å². The lowest BCUT2D eigenvalue weighted by Crippen LogP contribution is -2.15. The Morgan fingerprint density at radius 3 is 2.92 bits per heavy atom. The minimum atomic E-state index is 0.460. The number of hydrogen-bond donors (Lipinski definition) is 0. The Morgan fingerprint density at radius 1 is 1.54 bits per heavy atom. The van der Waals surface area contributed by atoms with Crippen molar-refractivity contribution in [2.75, 3.05) is 11.5 Å². The maximum Gasteiger partial charge on any atom is 0.0974 e. The fraction of sp³-hybridized carbons (Fsp3) is 0.750. The van der Waals surface area contributed by atoms with Crippen LogP contribution in [0.4, 0.5) is 0 Å². The third kappa shape index (κ3) is 2.17. The highest BCUT2D eigenvalue weighted by Crippen LogP contribution is 2.26.